The number of hydrogen-bond acceptors (Lipinski definition) is 19. The Labute approximate surface area is 857 Å². The number of likely N-dealkylation sites (tertiary alicyclic amines) is 3. The molecular weight excluding hydrogens is 1690 g/mol. The molecule has 0 amide bonds. The first-order chi connectivity index (χ1) is 64.1. The molecule has 1 unspecified atom stereocenters. The van der Waals surface area contributed by atoms with E-state index in [4.69, 9.17) is 45.1 Å². The Morgan fingerprint density at radius 2 is 0.949 bits per heavy atom. The predicted molar refractivity (Wildman–Crippen MR) is 618 cm³/mol. The summed E-state index contributed by atoms with van der Waals surface area (Å²) in [6, 6.07) is 8.39. The summed E-state index contributed by atoms with van der Waals surface area (Å²) >= 11 is 0. The number of nitrogens with one attached hydrogen (secondary N) is 7. The van der Waals surface area contributed by atoms with Crippen LogP contribution in [0.2, 0.25) is 0 Å². The van der Waals surface area contributed by atoms with Gasteiger partial charge < -0.3 is 86.4 Å². The Hall–Kier alpha value is -3.28. The number of amidine groups is 2. The zero-order valence-electron chi connectivity index (χ0n) is 99.0. The highest BCUT2D eigenvalue weighted by molar-refractivity contribution is 5.80. The van der Waals surface area contributed by atoms with Crippen molar-refractivity contribution >= 4 is 17.4 Å². The van der Waals surface area contributed by atoms with Crippen LogP contribution in [-0.2, 0) is 0 Å². The van der Waals surface area contributed by atoms with E-state index in [1.807, 2.05) is 61.5 Å². The number of aliphatic imine (C=N–C) groups is 2. The number of likely N-dealkylation sites (N-methyl/N-ethyl adjacent to an activating group) is 1. The molecule has 3 aliphatic carbocycles. The number of piperazine rings is 1. The molecule has 11 rings (SSSR count). The largest absolute Gasteiger partial charge is 0.388 e. The van der Waals surface area contributed by atoms with E-state index >= 15 is 0 Å². The Morgan fingerprint density at radius 3 is 1.19 bits per heavy atom. The zero-order chi connectivity index (χ0) is 106. The summed E-state index contributed by atoms with van der Waals surface area (Å²) in [6.45, 7) is 108. The van der Waals surface area contributed by atoms with E-state index in [9.17, 15) is 0 Å². The maximum absolute atomic E-state index is 7.89. The summed E-state index contributed by atoms with van der Waals surface area (Å²) in [5.41, 5.74) is 38.3. The van der Waals surface area contributed by atoms with Crippen LogP contribution < -0.4 is 66.3 Å². The summed E-state index contributed by atoms with van der Waals surface area (Å²) in [4.78, 5) is 20.3. The minimum absolute atomic E-state index is 0.190. The van der Waals surface area contributed by atoms with Crippen molar-refractivity contribution in [2.24, 2.45) is 127 Å². The van der Waals surface area contributed by atoms with E-state index in [0.717, 1.165) is 148 Å². The first kappa shape index (κ1) is 144. The third kappa shape index (κ3) is 99.8. The summed E-state index contributed by atoms with van der Waals surface area (Å²) in [5.74, 6) is 12.0. The fourth-order valence-corrected chi connectivity index (χ4v) is 15.9. The van der Waals surface area contributed by atoms with Gasteiger partial charge in [0.2, 0.25) is 0 Å². The van der Waals surface area contributed by atoms with Gasteiger partial charge in [0.1, 0.15) is 0 Å². The Morgan fingerprint density at radius 1 is 0.474 bits per heavy atom. The van der Waals surface area contributed by atoms with Crippen LogP contribution >= 0.6 is 0 Å². The predicted octanol–water partition coefficient (Wildman–Crippen LogP) is 22.7. The number of nitrogens with zero attached hydrogens (tertiary/aromatic N) is 8. The van der Waals surface area contributed by atoms with Crippen LogP contribution in [0.5, 0.6) is 0 Å². The highest BCUT2D eigenvalue weighted by Crippen LogP contribution is 2.31. The smallest absolute Gasteiger partial charge is 0.0908 e. The van der Waals surface area contributed by atoms with Crippen LogP contribution in [0.4, 0.5) is 0 Å². The molecule has 11 aliphatic rings. The highest BCUT2D eigenvalue weighted by atomic mass is 15.2. The lowest BCUT2D eigenvalue weighted by Gasteiger charge is -2.41. The average molecular weight is 1940 g/mol. The van der Waals surface area contributed by atoms with Gasteiger partial charge in [-0.05, 0) is 343 Å². The maximum atomic E-state index is 7.89. The molecule has 19 N–H and O–H groups in total. The molecule has 1 atom stereocenters. The van der Waals surface area contributed by atoms with Crippen molar-refractivity contribution in [3.63, 3.8) is 0 Å². The topological polar surface area (TPSA) is 317 Å². The molecule has 21 heteroatoms. The fraction of sp³-hybridized carbons (Fsp3) is 0.914. The van der Waals surface area contributed by atoms with Crippen molar-refractivity contribution in [3.8, 4) is 6.07 Å². The maximum Gasteiger partial charge on any atom is 0.0908 e. The van der Waals surface area contributed by atoms with Crippen molar-refractivity contribution in [2.75, 3.05) is 151 Å². The van der Waals surface area contributed by atoms with Gasteiger partial charge >= 0.3 is 0 Å². The van der Waals surface area contributed by atoms with Crippen molar-refractivity contribution in [1.82, 2.24) is 56.4 Å². The van der Waals surface area contributed by atoms with Crippen LogP contribution in [0.1, 0.15) is 398 Å². The van der Waals surface area contributed by atoms with E-state index in [1.165, 1.54) is 220 Å². The van der Waals surface area contributed by atoms with Crippen molar-refractivity contribution in [1.29, 1.82) is 10.7 Å². The molecule has 0 radical (unpaired) electrons. The standard InChI is InChI=1S/C9H17N.C9H16.C8H17N.C8H15N.2C8H17N.4C7H16N2.C7H15N.C6H14N2.C6H14.C5H12N2.C5H13N.C5H11N.C4H7N/c1-8(2)9-4-6-10(3)7-5-9;1-8(2)9-6-4-3-5-7-9;1-6(2)3-7-4-8(9)5-7;1-7(2)8-3-5-9-6-4-8;1-8(2)9-6-4-3-5-7-9;1-7(2)9-8-5-3-4-6-8;1-6(2)9-4-7(3-8)5-9;1-6(2)9-5-7-3-8-4-7;1-7(2)9-5-3-8-4-6-9;1-6(2)9-4-3-7(8)5-9;1-6(2)3-7-4-8-5-7;1-5(2)4-8-6(3)7;1-4-5-6(2)3;1-4(2)7-5(3)6;1-5(2)3-4-6;1-4(2)5(3)6;1-4(2)3-5/h4,8H,5-7H2,1-3H3;6,8H,3-5,7H2,1-2H3;6-8H,3-5,9H2,1-2H3;3,7,9H,4-6H2,1-2H3;8H,3-7H2,1-2H3;7-9H,3-6H2,1-2H3;6-7H,3-5,8H2,1-2H3;6-9H,3-5H2,1-2H3;7-8H,3-6H2,1-2H3;6-7H,3-5,8H2,1-2H3;6-8H,3-5H2,1-2H3;5H,4H2,1-3H3,(H2,7,8);6H,4-5H2,1-3H3;4H,1-3H3,(H2,6,7);5H,3-4,6H2,1-2H3;4,6H,1-3H3;4H,1-2H3. The van der Waals surface area contributed by atoms with Gasteiger partial charge in [-0.2, -0.15) is 5.26 Å². The van der Waals surface area contributed by atoms with Gasteiger partial charge in [0, 0.05) is 164 Å². The van der Waals surface area contributed by atoms with Gasteiger partial charge in [0.25, 0.3) is 0 Å². The van der Waals surface area contributed by atoms with Gasteiger partial charge in [0.15, 0.2) is 0 Å². The number of piperidine rings is 1. The second-order valence-electron chi connectivity index (χ2n) is 46.7. The summed E-state index contributed by atoms with van der Waals surface area (Å²) < 4.78 is 0. The SMILES string of the molecule is CC(=N)C(C)C.CC(C)C#N.CC(C)C1=CCCCC1.CC(C)C1=CCN(C)CC1.CC(C)C1=CCNCC1.CC(C)CC1CC(N)C1.CC(C)CC1CNC1.CC(C)CCN.CC(C)N1CC(CN)C1.CC(C)N1CCC(N)C1.CC(C)N1CCCCC1.CC(C)N1CCNCC1.CC(C)NC1CCCC1.CC(C)NCC1CNC1.CC(N)=NC(C)C.CC(N)=NCC(C)C.CCCC(C)C. The monoisotopic (exact) mass is 1940 g/mol. The number of rotatable bonds is 25. The Balaban J connectivity index is -0.000000334. The second kappa shape index (κ2) is 93.8. The van der Waals surface area contributed by atoms with Crippen LogP contribution in [0.25, 0.3) is 0 Å². The molecule has 137 heavy (non-hydrogen) atoms. The molecule has 2 saturated carbocycles. The summed E-state index contributed by atoms with van der Waals surface area (Å²) in [6.07, 6.45) is 35.5. The normalized spacial score (nSPS) is 19.9. The average Bonchev–Trinajstić information content (AvgIpc) is 1.48. The van der Waals surface area contributed by atoms with Gasteiger partial charge in [-0.25, -0.2) is 0 Å². The molecule has 0 aromatic heterocycles. The minimum atomic E-state index is 0.190. The zero-order valence-corrected chi connectivity index (χ0v) is 99.0. The molecule has 818 valence electrons. The van der Waals surface area contributed by atoms with Crippen molar-refractivity contribution in [2.45, 2.75) is 458 Å². The van der Waals surface area contributed by atoms with Crippen molar-refractivity contribution < 1.29 is 0 Å². The molecule has 8 heterocycles. The third-order valence-electron chi connectivity index (χ3n) is 25.4. The first-order valence-corrected chi connectivity index (χ1v) is 56.6. The van der Waals surface area contributed by atoms with Crippen LogP contribution in [-0.4, -0.2) is 253 Å². The molecule has 0 spiro atoms. The minimum Gasteiger partial charge on any atom is -0.388 e. The molecule has 8 aliphatic heterocycles. The molecule has 21 nitrogen and oxygen atoms in total. The van der Waals surface area contributed by atoms with E-state index in [1.54, 1.807) is 23.6 Å². The molecule has 0 bridgehead atoms. The van der Waals surface area contributed by atoms with Gasteiger partial charge in [-0.1, -0.05) is 226 Å². The van der Waals surface area contributed by atoms with E-state index < -0.39 is 0 Å². The Bertz CT molecular complexity index is 2720. The number of nitrogens with two attached hydrogens (primary N) is 6. The van der Waals surface area contributed by atoms with Crippen LogP contribution in [0.3, 0.4) is 0 Å². The van der Waals surface area contributed by atoms with Crippen LogP contribution in [0.15, 0.2) is 44.9 Å². The lowest BCUT2D eigenvalue weighted by molar-refractivity contribution is 0.0729. The van der Waals surface area contributed by atoms with E-state index in [-0.39, 0.29) is 5.92 Å². The lowest BCUT2D eigenvalue weighted by atomic mass is 9.76. The highest BCUT2D eigenvalue weighted by Gasteiger charge is 2.28. The van der Waals surface area contributed by atoms with Gasteiger partial charge in [-0.3, -0.25) is 19.8 Å². The van der Waals surface area contributed by atoms with E-state index in [2.05, 4.69) is 292 Å². The van der Waals surface area contributed by atoms with Gasteiger partial charge in [0.05, 0.1) is 17.7 Å². The Kier molecular flexibility index (Phi) is 98.8. The quantitative estimate of drug-likeness (QED) is 0.0229. The third-order valence-corrected chi connectivity index (χ3v) is 25.4. The van der Waals surface area contributed by atoms with Gasteiger partial charge in [-0.15, -0.1) is 0 Å². The molecular formula is C116H249N21. The van der Waals surface area contributed by atoms with Crippen molar-refractivity contribution in [3.05, 3.63) is 34.9 Å². The molecule has 0 aromatic carbocycles. The summed E-state index contributed by atoms with van der Waals surface area (Å²) in [5, 5.41) is 34.9. The first-order valence-electron chi connectivity index (χ1n) is 56.6. The lowest BCUT2D eigenvalue weighted by Crippen LogP contribution is -2.52. The number of hydrogen-bond donors (Lipinski definition) is 13. The van der Waals surface area contributed by atoms with E-state index in [0.29, 0.717) is 65.8 Å². The summed E-state index contributed by atoms with van der Waals surface area (Å²) in [7, 11) is 2.17. The molecule has 8 fully saturated rings. The molecule has 0 aromatic rings. The fourth-order valence-electron chi connectivity index (χ4n) is 15.9. The van der Waals surface area contributed by atoms with Crippen LogP contribution in [0, 0.1) is 99.6 Å². The molecule has 6 saturated heterocycles. The second-order valence-corrected chi connectivity index (χ2v) is 46.7. The number of nitriles is 1. The number of allylic oxidation sites excluding steroid dienone is 2.